The lowest BCUT2D eigenvalue weighted by Gasteiger charge is -2.37. The highest BCUT2D eigenvalue weighted by Crippen LogP contribution is 2.15. The number of hydroxylamine groups is 2. The van der Waals surface area contributed by atoms with E-state index >= 15 is 0 Å². The van der Waals surface area contributed by atoms with E-state index in [0.29, 0.717) is 13.2 Å². The number of piperazine rings is 1. The molecule has 0 aromatic rings. The van der Waals surface area contributed by atoms with Gasteiger partial charge in [-0.1, -0.05) is 6.08 Å². The molecule has 128 valence electrons. The molecular formula is C17H29N4O2+. The second kappa shape index (κ2) is 8.40. The normalized spacial score (nSPS) is 24.5. The molecule has 5 N–H and O–H groups in total. The molecule has 1 heterocycles. The highest BCUT2D eigenvalue weighted by Gasteiger charge is 2.26. The standard InChI is InChI=1S/C17H28N4O2/c1-13-4-3-5-15(8-13)21(23)11-14(2)17(9-18)20-7-6-19-10-16(20)12-22/h4,8-9,16,18-19,21-22H,3,5-7,10-12H2,1-2H3/p+1/b17-14+,18-9?. The average molecular weight is 321 g/mol. The van der Waals surface area contributed by atoms with Crippen LogP contribution >= 0.6 is 0 Å². The zero-order valence-electron chi connectivity index (χ0n) is 14.1. The molecule has 1 fully saturated rings. The van der Waals surface area contributed by atoms with Crippen LogP contribution in [0.15, 0.2) is 34.7 Å². The molecule has 2 rings (SSSR count). The van der Waals surface area contributed by atoms with Gasteiger partial charge in [0.1, 0.15) is 18.3 Å². The summed E-state index contributed by atoms with van der Waals surface area (Å²) in [5.41, 5.74) is 3.79. The number of hydrogen-bond acceptors (Lipinski definition) is 4. The van der Waals surface area contributed by atoms with Gasteiger partial charge in [0.25, 0.3) is 0 Å². The summed E-state index contributed by atoms with van der Waals surface area (Å²) in [6.07, 6.45) is 7.23. The summed E-state index contributed by atoms with van der Waals surface area (Å²) in [4.78, 5) is 2.11. The Balaban J connectivity index is 2.13. The molecule has 0 spiro atoms. The van der Waals surface area contributed by atoms with Gasteiger partial charge < -0.3 is 31.0 Å². The van der Waals surface area contributed by atoms with Crippen LogP contribution in [-0.2, 0) is 0 Å². The summed E-state index contributed by atoms with van der Waals surface area (Å²) in [6.45, 7) is 7.01. The third kappa shape index (κ3) is 4.51. The number of hydrogen-bond donors (Lipinski definition) is 3. The Bertz CT molecular complexity index is 525. The van der Waals surface area contributed by atoms with Crippen LogP contribution in [0.4, 0.5) is 0 Å². The Hall–Kier alpha value is -1.47. The molecule has 2 atom stereocenters. The van der Waals surface area contributed by atoms with Crippen LogP contribution in [0.2, 0.25) is 0 Å². The van der Waals surface area contributed by atoms with Gasteiger partial charge in [0, 0.05) is 37.8 Å². The second-order valence-corrected chi connectivity index (χ2v) is 6.32. The summed E-state index contributed by atoms with van der Waals surface area (Å²) in [5.74, 6) is 0. The minimum atomic E-state index is 0.0736. The molecule has 2 aliphatic rings. The molecule has 23 heavy (non-hydrogen) atoms. The van der Waals surface area contributed by atoms with Gasteiger partial charge in [-0.3, -0.25) is 0 Å². The molecule has 6 nitrogen and oxygen atoms in total. The predicted molar refractivity (Wildman–Crippen MR) is 93.6 cm³/mol. The topological polar surface area (TPSA) is 89.5 Å². The fourth-order valence-corrected chi connectivity index (χ4v) is 3.24. The molecule has 0 radical (unpaired) electrons. The zero-order valence-corrected chi connectivity index (χ0v) is 14.1. The van der Waals surface area contributed by atoms with Crippen molar-refractivity contribution >= 4 is 6.21 Å². The summed E-state index contributed by atoms with van der Waals surface area (Å²) in [5, 5.41) is 31.5. The fraction of sp³-hybridized carbons (Fsp3) is 0.588. The van der Waals surface area contributed by atoms with Crippen molar-refractivity contribution in [3.8, 4) is 0 Å². The van der Waals surface area contributed by atoms with Crippen LogP contribution in [0.5, 0.6) is 0 Å². The molecule has 1 aliphatic heterocycles. The average Bonchev–Trinajstić information content (AvgIpc) is 2.56. The van der Waals surface area contributed by atoms with Crippen molar-refractivity contribution in [2.45, 2.75) is 32.7 Å². The van der Waals surface area contributed by atoms with Crippen molar-refractivity contribution in [3.63, 3.8) is 0 Å². The molecule has 2 unspecified atom stereocenters. The first-order valence-corrected chi connectivity index (χ1v) is 8.29. The van der Waals surface area contributed by atoms with Crippen molar-refractivity contribution in [3.05, 3.63) is 39.9 Å². The lowest BCUT2D eigenvalue weighted by Crippen LogP contribution is -3.05. The van der Waals surface area contributed by atoms with E-state index in [9.17, 15) is 5.21 Å². The van der Waals surface area contributed by atoms with Crippen LogP contribution < -0.4 is 10.4 Å². The van der Waals surface area contributed by atoms with Crippen molar-refractivity contribution in [2.75, 3.05) is 32.8 Å². The van der Waals surface area contributed by atoms with Crippen molar-refractivity contribution < 1.29 is 10.2 Å². The van der Waals surface area contributed by atoms with Crippen molar-refractivity contribution in [1.82, 2.24) is 10.2 Å². The smallest absolute Gasteiger partial charge is 0.165 e. The largest absolute Gasteiger partial charge is 0.629 e. The number of nitrogens with zero attached hydrogens (tertiary/aromatic N) is 1. The molecule has 0 saturated carbocycles. The summed E-state index contributed by atoms with van der Waals surface area (Å²) >= 11 is 0. The molecule has 1 saturated heterocycles. The Morgan fingerprint density at radius 2 is 2.39 bits per heavy atom. The lowest BCUT2D eigenvalue weighted by molar-refractivity contribution is -0.802. The van der Waals surface area contributed by atoms with E-state index in [-0.39, 0.29) is 11.1 Å². The Kier molecular flexibility index (Phi) is 6.53. The van der Waals surface area contributed by atoms with Gasteiger partial charge in [0.2, 0.25) is 0 Å². The van der Waals surface area contributed by atoms with E-state index in [0.717, 1.165) is 55.0 Å². The maximum absolute atomic E-state index is 12.5. The summed E-state index contributed by atoms with van der Waals surface area (Å²) in [6, 6.07) is 0.0736. The second-order valence-electron chi connectivity index (χ2n) is 6.32. The van der Waals surface area contributed by atoms with E-state index in [1.54, 1.807) is 0 Å². The SMILES string of the molecule is CC1=CCCC([NH+]([O-])C/C(C)=C(\C=N)N2CCNCC2C[OH2+])=C1. The number of quaternary nitrogens is 1. The number of allylic oxidation sites excluding steroid dienone is 5. The van der Waals surface area contributed by atoms with E-state index in [2.05, 4.69) is 16.3 Å². The molecule has 0 amide bonds. The molecule has 1 aliphatic carbocycles. The van der Waals surface area contributed by atoms with Gasteiger partial charge in [0.05, 0.1) is 5.70 Å². The molecule has 6 heteroatoms. The van der Waals surface area contributed by atoms with Gasteiger partial charge >= 0.3 is 0 Å². The van der Waals surface area contributed by atoms with Crippen LogP contribution in [0, 0.1) is 10.6 Å². The Labute approximate surface area is 138 Å². The Morgan fingerprint density at radius 3 is 3.04 bits per heavy atom. The molecular weight excluding hydrogens is 292 g/mol. The van der Waals surface area contributed by atoms with E-state index in [4.69, 9.17) is 10.5 Å². The van der Waals surface area contributed by atoms with Crippen LogP contribution in [0.25, 0.3) is 0 Å². The number of nitrogens with one attached hydrogen (secondary N) is 3. The minimum absolute atomic E-state index is 0.0736. The summed E-state index contributed by atoms with van der Waals surface area (Å²) in [7, 11) is 0. The first-order chi connectivity index (χ1) is 11.1. The zero-order chi connectivity index (χ0) is 16.8. The first-order valence-electron chi connectivity index (χ1n) is 8.29. The lowest BCUT2D eigenvalue weighted by atomic mass is 10.0. The highest BCUT2D eigenvalue weighted by molar-refractivity contribution is 5.76. The molecule has 0 aromatic carbocycles. The van der Waals surface area contributed by atoms with Crippen LogP contribution in [0.1, 0.15) is 26.7 Å². The van der Waals surface area contributed by atoms with Gasteiger partial charge in [-0.05, 0) is 31.9 Å². The van der Waals surface area contributed by atoms with Gasteiger partial charge in [-0.25, -0.2) is 0 Å². The van der Waals surface area contributed by atoms with Gasteiger partial charge in [-0.15, -0.1) is 0 Å². The maximum atomic E-state index is 12.5. The fourth-order valence-electron chi connectivity index (χ4n) is 3.24. The van der Waals surface area contributed by atoms with E-state index < -0.39 is 0 Å². The maximum Gasteiger partial charge on any atom is 0.165 e. The van der Waals surface area contributed by atoms with E-state index in [1.165, 1.54) is 6.21 Å². The quantitative estimate of drug-likeness (QED) is 0.363. The Morgan fingerprint density at radius 1 is 1.61 bits per heavy atom. The first kappa shape index (κ1) is 17.9. The monoisotopic (exact) mass is 321 g/mol. The highest BCUT2D eigenvalue weighted by atomic mass is 16.5. The van der Waals surface area contributed by atoms with Crippen LogP contribution in [0.3, 0.4) is 0 Å². The summed E-state index contributed by atoms with van der Waals surface area (Å²) < 4.78 is 0. The van der Waals surface area contributed by atoms with E-state index in [1.807, 2.05) is 19.9 Å². The third-order valence-corrected chi connectivity index (χ3v) is 4.54. The van der Waals surface area contributed by atoms with Crippen LogP contribution in [-0.4, -0.2) is 55.0 Å². The third-order valence-electron chi connectivity index (χ3n) is 4.54. The van der Waals surface area contributed by atoms with Gasteiger partial charge in [-0.2, -0.15) is 0 Å². The minimum Gasteiger partial charge on any atom is -0.629 e. The van der Waals surface area contributed by atoms with Gasteiger partial charge in [0.15, 0.2) is 6.61 Å². The number of rotatable bonds is 6. The van der Waals surface area contributed by atoms with Crippen molar-refractivity contribution in [2.24, 2.45) is 0 Å². The predicted octanol–water partition coefficient (Wildman–Crippen LogP) is -0.0849. The molecule has 0 aromatic heterocycles. The molecule has 0 bridgehead atoms. The van der Waals surface area contributed by atoms with Crippen molar-refractivity contribution in [1.29, 1.82) is 5.41 Å².